The van der Waals surface area contributed by atoms with E-state index in [4.69, 9.17) is 4.74 Å². The van der Waals surface area contributed by atoms with Gasteiger partial charge in [0, 0.05) is 5.56 Å². The molecule has 2 rings (SSSR count). The fourth-order valence-electron chi connectivity index (χ4n) is 2.63. The molecular formula is C20H25NO2. The Morgan fingerprint density at radius 1 is 1.00 bits per heavy atom. The molecule has 0 heterocycles. The van der Waals surface area contributed by atoms with Crippen LogP contribution in [0.15, 0.2) is 54.6 Å². The standard InChI is InChI=1S/C20H25NO2/c1-4-21(5-2)16(3)20(22)18-11-13-19(14-12-18)23-15-17-9-7-6-8-10-17/h6-14,16H,4-5,15H2,1-3H3. The van der Waals surface area contributed by atoms with E-state index >= 15 is 0 Å². The summed E-state index contributed by atoms with van der Waals surface area (Å²) in [5.74, 6) is 0.934. The van der Waals surface area contributed by atoms with Crippen LogP contribution in [0.4, 0.5) is 0 Å². The first kappa shape index (κ1) is 17.2. The van der Waals surface area contributed by atoms with Crippen molar-refractivity contribution in [3.05, 3.63) is 65.7 Å². The second-order valence-electron chi connectivity index (χ2n) is 5.56. The van der Waals surface area contributed by atoms with Gasteiger partial charge in [-0.1, -0.05) is 44.2 Å². The zero-order valence-corrected chi connectivity index (χ0v) is 14.2. The van der Waals surface area contributed by atoms with Gasteiger partial charge in [0.1, 0.15) is 12.4 Å². The lowest BCUT2D eigenvalue weighted by atomic mass is 10.0. The summed E-state index contributed by atoms with van der Waals surface area (Å²) in [5.41, 5.74) is 1.86. The van der Waals surface area contributed by atoms with Gasteiger partial charge in [-0.15, -0.1) is 0 Å². The van der Waals surface area contributed by atoms with Gasteiger partial charge in [0.2, 0.25) is 0 Å². The second kappa shape index (κ2) is 8.49. The third-order valence-electron chi connectivity index (χ3n) is 4.13. The van der Waals surface area contributed by atoms with Crippen molar-refractivity contribution in [3.63, 3.8) is 0 Å². The molecule has 0 aromatic heterocycles. The quantitative estimate of drug-likeness (QED) is 0.685. The van der Waals surface area contributed by atoms with Crippen LogP contribution in [-0.2, 0) is 6.61 Å². The van der Waals surface area contributed by atoms with Crippen LogP contribution in [0.25, 0.3) is 0 Å². The summed E-state index contributed by atoms with van der Waals surface area (Å²) >= 11 is 0. The summed E-state index contributed by atoms with van der Waals surface area (Å²) in [4.78, 5) is 14.7. The number of rotatable bonds is 8. The van der Waals surface area contributed by atoms with Gasteiger partial charge in [-0.3, -0.25) is 9.69 Å². The van der Waals surface area contributed by atoms with E-state index in [2.05, 4.69) is 18.7 Å². The molecule has 0 N–H and O–H groups in total. The zero-order chi connectivity index (χ0) is 16.7. The highest BCUT2D eigenvalue weighted by Gasteiger charge is 2.19. The Balaban J connectivity index is 1.97. The molecule has 0 bridgehead atoms. The summed E-state index contributed by atoms with van der Waals surface area (Å²) in [5, 5.41) is 0. The van der Waals surface area contributed by atoms with Gasteiger partial charge in [0.25, 0.3) is 0 Å². The van der Waals surface area contributed by atoms with E-state index in [1.807, 2.05) is 61.5 Å². The number of nitrogens with zero attached hydrogens (tertiary/aromatic N) is 1. The number of Topliss-reactive ketones (excluding diaryl/α,β-unsaturated/α-hetero) is 1. The highest BCUT2D eigenvalue weighted by atomic mass is 16.5. The molecule has 3 heteroatoms. The minimum atomic E-state index is -0.0962. The first-order valence-electron chi connectivity index (χ1n) is 8.20. The van der Waals surface area contributed by atoms with Crippen molar-refractivity contribution in [2.24, 2.45) is 0 Å². The number of hydrogen-bond donors (Lipinski definition) is 0. The maximum absolute atomic E-state index is 12.5. The summed E-state index contributed by atoms with van der Waals surface area (Å²) in [6.07, 6.45) is 0. The smallest absolute Gasteiger partial charge is 0.179 e. The van der Waals surface area contributed by atoms with Gasteiger partial charge in [0.15, 0.2) is 5.78 Å². The van der Waals surface area contributed by atoms with Crippen molar-refractivity contribution >= 4 is 5.78 Å². The Morgan fingerprint density at radius 3 is 2.17 bits per heavy atom. The predicted molar refractivity (Wildman–Crippen MR) is 93.9 cm³/mol. The van der Waals surface area contributed by atoms with Crippen molar-refractivity contribution in [2.75, 3.05) is 13.1 Å². The second-order valence-corrected chi connectivity index (χ2v) is 5.56. The number of likely N-dealkylation sites (N-methyl/N-ethyl adjacent to an activating group) is 1. The molecule has 0 spiro atoms. The Hall–Kier alpha value is -2.13. The van der Waals surface area contributed by atoms with Crippen LogP contribution in [0, 0.1) is 0 Å². The fourth-order valence-corrected chi connectivity index (χ4v) is 2.63. The third kappa shape index (κ3) is 4.67. The Kier molecular flexibility index (Phi) is 6.36. The van der Waals surface area contributed by atoms with Crippen LogP contribution in [-0.4, -0.2) is 29.8 Å². The lowest BCUT2D eigenvalue weighted by Gasteiger charge is -2.25. The SMILES string of the molecule is CCN(CC)C(C)C(=O)c1ccc(OCc2ccccc2)cc1. The molecule has 1 atom stereocenters. The van der Waals surface area contributed by atoms with Crippen LogP contribution < -0.4 is 4.74 Å². The Labute approximate surface area is 138 Å². The molecule has 0 aliphatic heterocycles. The van der Waals surface area contributed by atoms with E-state index < -0.39 is 0 Å². The summed E-state index contributed by atoms with van der Waals surface area (Å²) in [6.45, 7) is 8.41. The van der Waals surface area contributed by atoms with Gasteiger partial charge in [-0.25, -0.2) is 0 Å². The molecule has 2 aromatic carbocycles. The summed E-state index contributed by atoms with van der Waals surface area (Å²) < 4.78 is 5.76. The minimum Gasteiger partial charge on any atom is -0.489 e. The van der Waals surface area contributed by atoms with Gasteiger partial charge in [-0.05, 0) is 49.8 Å². The largest absolute Gasteiger partial charge is 0.489 e. The predicted octanol–water partition coefficient (Wildman–Crippen LogP) is 4.18. The normalized spacial score (nSPS) is 12.2. The molecule has 3 nitrogen and oxygen atoms in total. The molecule has 0 aliphatic rings. The molecule has 0 fully saturated rings. The molecule has 2 aromatic rings. The van der Waals surface area contributed by atoms with Crippen LogP contribution in [0.2, 0.25) is 0 Å². The highest BCUT2D eigenvalue weighted by molar-refractivity contribution is 5.99. The van der Waals surface area contributed by atoms with Gasteiger partial charge >= 0.3 is 0 Å². The minimum absolute atomic E-state index is 0.0962. The Bertz CT molecular complexity index is 603. The van der Waals surface area contributed by atoms with E-state index in [-0.39, 0.29) is 11.8 Å². The fraction of sp³-hybridized carbons (Fsp3) is 0.350. The van der Waals surface area contributed by atoms with Gasteiger partial charge in [-0.2, -0.15) is 0 Å². The van der Waals surface area contributed by atoms with E-state index in [9.17, 15) is 4.79 Å². The molecule has 122 valence electrons. The Morgan fingerprint density at radius 2 is 1.61 bits per heavy atom. The van der Waals surface area contributed by atoms with E-state index in [1.54, 1.807) is 0 Å². The monoisotopic (exact) mass is 311 g/mol. The van der Waals surface area contributed by atoms with E-state index in [1.165, 1.54) is 0 Å². The molecule has 1 unspecified atom stereocenters. The van der Waals surface area contributed by atoms with Crippen molar-refractivity contribution in [1.82, 2.24) is 4.90 Å². The lowest BCUT2D eigenvalue weighted by Crippen LogP contribution is -2.38. The van der Waals surface area contributed by atoms with E-state index in [0.29, 0.717) is 6.61 Å². The van der Waals surface area contributed by atoms with Crippen molar-refractivity contribution in [2.45, 2.75) is 33.4 Å². The molecule has 0 radical (unpaired) electrons. The molecule has 0 saturated carbocycles. The molecule has 0 amide bonds. The topological polar surface area (TPSA) is 29.5 Å². The van der Waals surface area contributed by atoms with Gasteiger partial charge in [0.05, 0.1) is 6.04 Å². The maximum atomic E-state index is 12.5. The molecular weight excluding hydrogens is 286 g/mol. The highest BCUT2D eigenvalue weighted by Crippen LogP contribution is 2.16. The number of carbonyl (C=O) groups is 1. The van der Waals surface area contributed by atoms with Crippen molar-refractivity contribution in [3.8, 4) is 5.75 Å². The molecule has 0 aliphatic carbocycles. The van der Waals surface area contributed by atoms with Crippen molar-refractivity contribution < 1.29 is 9.53 Å². The van der Waals surface area contributed by atoms with E-state index in [0.717, 1.165) is 30.0 Å². The first-order chi connectivity index (χ1) is 11.2. The number of carbonyl (C=O) groups excluding carboxylic acids is 1. The first-order valence-corrected chi connectivity index (χ1v) is 8.20. The average Bonchev–Trinajstić information content (AvgIpc) is 2.61. The summed E-state index contributed by atoms with van der Waals surface area (Å²) in [6, 6.07) is 17.4. The van der Waals surface area contributed by atoms with Crippen LogP contribution >= 0.6 is 0 Å². The van der Waals surface area contributed by atoms with Crippen LogP contribution in [0.1, 0.15) is 36.7 Å². The molecule has 0 saturated heterocycles. The lowest BCUT2D eigenvalue weighted by molar-refractivity contribution is 0.0851. The number of ether oxygens (including phenoxy) is 1. The van der Waals surface area contributed by atoms with Crippen molar-refractivity contribution in [1.29, 1.82) is 0 Å². The third-order valence-corrected chi connectivity index (χ3v) is 4.13. The van der Waals surface area contributed by atoms with Crippen LogP contribution in [0.5, 0.6) is 5.75 Å². The van der Waals surface area contributed by atoms with Gasteiger partial charge < -0.3 is 4.74 Å². The number of ketones is 1. The molecule has 23 heavy (non-hydrogen) atoms. The maximum Gasteiger partial charge on any atom is 0.179 e. The average molecular weight is 311 g/mol. The zero-order valence-electron chi connectivity index (χ0n) is 14.2. The number of benzene rings is 2. The summed E-state index contributed by atoms with van der Waals surface area (Å²) in [7, 11) is 0. The number of hydrogen-bond acceptors (Lipinski definition) is 3. The van der Waals surface area contributed by atoms with Crippen LogP contribution in [0.3, 0.4) is 0 Å².